The molecule has 1 atom stereocenters. The Hall–Kier alpha value is -0.130. The number of likely N-dealkylation sites (N-methyl/N-ethyl adjacent to an activating group) is 1. The zero-order valence-corrected chi connectivity index (χ0v) is 14.0. The molecule has 3 nitrogen and oxygen atoms in total. The van der Waals surface area contributed by atoms with Gasteiger partial charge in [-0.05, 0) is 57.4 Å². The van der Waals surface area contributed by atoms with E-state index in [2.05, 4.69) is 66.6 Å². The van der Waals surface area contributed by atoms with E-state index in [4.69, 9.17) is 0 Å². The predicted octanol–water partition coefficient (Wildman–Crippen LogP) is 3.53. The fraction of sp³-hybridized carbons (Fsp3) is 0.615. The number of rotatable bonds is 4. The fourth-order valence-electron chi connectivity index (χ4n) is 2.61. The van der Waals surface area contributed by atoms with Gasteiger partial charge in [-0.3, -0.25) is 4.90 Å². The van der Waals surface area contributed by atoms with Gasteiger partial charge in [-0.1, -0.05) is 13.8 Å². The topological polar surface area (TPSA) is 19.4 Å². The molecule has 0 bridgehead atoms. The van der Waals surface area contributed by atoms with Gasteiger partial charge in [0.1, 0.15) is 5.82 Å². The molecule has 1 saturated heterocycles. The van der Waals surface area contributed by atoms with E-state index in [0.717, 1.165) is 40.9 Å². The summed E-state index contributed by atoms with van der Waals surface area (Å²) in [5, 5.41) is 0. The molecule has 18 heavy (non-hydrogen) atoms. The molecule has 1 aliphatic rings. The van der Waals surface area contributed by atoms with Crippen molar-refractivity contribution in [2.24, 2.45) is 0 Å². The Morgan fingerprint density at radius 1 is 1.39 bits per heavy atom. The van der Waals surface area contributed by atoms with Gasteiger partial charge in [-0.15, -0.1) is 0 Å². The van der Waals surface area contributed by atoms with Crippen molar-refractivity contribution in [2.75, 3.05) is 31.1 Å². The summed E-state index contributed by atoms with van der Waals surface area (Å²) >= 11 is 7.04. The van der Waals surface area contributed by atoms with Gasteiger partial charge in [0, 0.05) is 29.8 Å². The van der Waals surface area contributed by atoms with Crippen LogP contribution in [-0.2, 0) is 0 Å². The largest absolute Gasteiger partial charge is 0.354 e. The van der Waals surface area contributed by atoms with Crippen LogP contribution in [0.1, 0.15) is 20.3 Å². The maximum Gasteiger partial charge on any atom is 0.142 e. The van der Waals surface area contributed by atoms with E-state index in [1.54, 1.807) is 0 Å². The highest BCUT2D eigenvalue weighted by molar-refractivity contribution is 9.11. The smallest absolute Gasteiger partial charge is 0.142 e. The minimum absolute atomic E-state index is 0.664. The van der Waals surface area contributed by atoms with Gasteiger partial charge >= 0.3 is 0 Å². The van der Waals surface area contributed by atoms with E-state index in [-0.39, 0.29) is 0 Å². The average Bonchev–Trinajstić information content (AvgIpc) is 2.80. The van der Waals surface area contributed by atoms with Crippen molar-refractivity contribution >= 4 is 37.7 Å². The third kappa shape index (κ3) is 3.06. The van der Waals surface area contributed by atoms with Crippen LogP contribution in [0.4, 0.5) is 5.82 Å². The molecule has 1 aliphatic heterocycles. The van der Waals surface area contributed by atoms with Gasteiger partial charge in [0.25, 0.3) is 0 Å². The van der Waals surface area contributed by atoms with Gasteiger partial charge in [0.05, 0.1) is 4.47 Å². The van der Waals surface area contributed by atoms with Crippen molar-refractivity contribution in [3.63, 3.8) is 0 Å². The summed E-state index contributed by atoms with van der Waals surface area (Å²) in [6, 6.07) is 2.73. The van der Waals surface area contributed by atoms with Crippen molar-refractivity contribution < 1.29 is 0 Å². The Bertz CT molecular complexity index is 407. The Labute approximate surface area is 126 Å². The predicted molar refractivity (Wildman–Crippen MR) is 83.2 cm³/mol. The van der Waals surface area contributed by atoms with Crippen LogP contribution in [-0.4, -0.2) is 42.1 Å². The molecular formula is C13H19Br2N3. The SMILES string of the molecule is CCN(CC)C1CCN(c2ncc(Br)cc2Br)C1. The molecule has 0 amide bonds. The quantitative estimate of drug-likeness (QED) is 0.801. The van der Waals surface area contributed by atoms with E-state index in [1.807, 2.05) is 6.20 Å². The highest BCUT2D eigenvalue weighted by Gasteiger charge is 2.27. The molecule has 0 aliphatic carbocycles. The first-order valence-electron chi connectivity index (χ1n) is 6.45. The van der Waals surface area contributed by atoms with Crippen molar-refractivity contribution in [1.82, 2.24) is 9.88 Å². The van der Waals surface area contributed by atoms with E-state index in [9.17, 15) is 0 Å². The minimum atomic E-state index is 0.664. The lowest BCUT2D eigenvalue weighted by Crippen LogP contribution is -2.37. The third-order valence-corrected chi connectivity index (χ3v) is 4.60. The Kier molecular flexibility index (Phi) is 5.04. The van der Waals surface area contributed by atoms with Crippen LogP contribution in [0, 0.1) is 0 Å². The number of aromatic nitrogens is 1. The number of pyridine rings is 1. The Morgan fingerprint density at radius 3 is 2.72 bits per heavy atom. The summed E-state index contributed by atoms with van der Waals surface area (Å²) in [5.74, 6) is 1.06. The molecule has 2 rings (SSSR count). The Balaban J connectivity index is 2.08. The lowest BCUT2D eigenvalue weighted by Gasteiger charge is -2.26. The summed E-state index contributed by atoms with van der Waals surface area (Å²) in [6.45, 7) is 8.90. The fourth-order valence-corrected chi connectivity index (χ4v) is 3.85. The van der Waals surface area contributed by atoms with E-state index >= 15 is 0 Å². The van der Waals surface area contributed by atoms with Crippen LogP contribution < -0.4 is 4.90 Å². The first kappa shape index (κ1) is 14.3. The van der Waals surface area contributed by atoms with Crippen LogP contribution in [0.15, 0.2) is 21.2 Å². The molecule has 0 saturated carbocycles. The number of hydrogen-bond acceptors (Lipinski definition) is 3. The van der Waals surface area contributed by atoms with Crippen molar-refractivity contribution in [3.05, 3.63) is 21.2 Å². The summed E-state index contributed by atoms with van der Waals surface area (Å²) < 4.78 is 2.08. The molecule has 0 aromatic carbocycles. The molecule has 1 aromatic rings. The second kappa shape index (κ2) is 6.35. The number of hydrogen-bond donors (Lipinski definition) is 0. The van der Waals surface area contributed by atoms with Gasteiger partial charge < -0.3 is 4.90 Å². The van der Waals surface area contributed by atoms with Crippen molar-refractivity contribution in [2.45, 2.75) is 26.3 Å². The zero-order valence-electron chi connectivity index (χ0n) is 10.9. The monoisotopic (exact) mass is 375 g/mol. The van der Waals surface area contributed by atoms with Crippen LogP contribution >= 0.6 is 31.9 Å². The minimum Gasteiger partial charge on any atom is -0.354 e. The first-order valence-corrected chi connectivity index (χ1v) is 8.04. The average molecular weight is 377 g/mol. The van der Waals surface area contributed by atoms with Gasteiger partial charge in [0.15, 0.2) is 0 Å². The molecule has 1 fully saturated rings. The molecular weight excluding hydrogens is 358 g/mol. The highest BCUT2D eigenvalue weighted by Crippen LogP contribution is 2.30. The first-order chi connectivity index (χ1) is 8.65. The standard InChI is InChI=1S/C13H19Br2N3/c1-3-17(4-2)11-5-6-18(9-11)13-12(15)7-10(14)8-16-13/h7-8,11H,3-6,9H2,1-2H3. The van der Waals surface area contributed by atoms with Crippen molar-refractivity contribution in [1.29, 1.82) is 0 Å². The van der Waals surface area contributed by atoms with Gasteiger partial charge in [-0.2, -0.15) is 0 Å². The van der Waals surface area contributed by atoms with Gasteiger partial charge in [0.2, 0.25) is 0 Å². The van der Waals surface area contributed by atoms with Crippen LogP contribution in [0.2, 0.25) is 0 Å². The van der Waals surface area contributed by atoms with E-state index in [1.165, 1.54) is 6.42 Å². The third-order valence-electron chi connectivity index (χ3n) is 3.58. The number of nitrogens with zero attached hydrogens (tertiary/aromatic N) is 3. The second-order valence-corrected chi connectivity index (χ2v) is 6.34. The maximum absolute atomic E-state index is 4.52. The molecule has 5 heteroatoms. The molecule has 2 heterocycles. The maximum atomic E-state index is 4.52. The number of halogens is 2. The van der Waals surface area contributed by atoms with Crippen molar-refractivity contribution in [3.8, 4) is 0 Å². The van der Waals surface area contributed by atoms with Crippen LogP contribution in [0.3, 0.4) is 0 Å². The normalized spacial score (nSPS) is 19.8. The summed E-state index contributed by atoms with van der Waals surface area (Å²) in [7, 11) is 0. The summed E-state index contributed by atoms with van der Waals surface area (Å²) in [5.41, 5.74) is 0. The lowest BCUT2D eigenvalue weighted by atomic mass is 10.2. The van der Waals surface area contributed by atoms with Crippen LogP contribution in [0.25, 0.3) is 0 Å². The Morgan fingerprint density at radius 2 is 2.11 bits per heavy atom. The highest BCUT2D eigenvalue weighted by atomic mass is 79.9. The van der Waals surface area contributed by atoms with E-state index < -0.39 is 0 Å². The van der Waals surface area contributed by atoms with Gasteiger partial charge in [-0.25, -0.2) is 4.98 Å². The van der Waals surface area contributed by atoms with E-state index in [0.29, 0.717) is 6.04 Å². The summed E-state index contributed by atoms with van der Waals surface area (Å²) in [6.07, 6.45) is 3.09. The lowest BCUT2D eigenvalue weighted by molar-refractivity contribution is 0.232. The molecule has 0 spiro atoms. The molecule has 1 aromatic heterocycles. The molecule has 0 N–H and O–H groups in total. The zero-order chi connectivity index (χ0) is 13.1. The molecule has 0 radical (unpaired) electrons. The molecule has 1 unspecified atom stereocenters. The van der Waals surface area contributed by atoms with Crippen LogP contribution in [0.5, 0.6) is 0 Å². The second-order valence-electron chi connectivity index (χ2n) is 4.57. The number of anilines is 1. The summed E-state index contributed by atoms with van der Waals surface area (Å²) in [4.78, 5) is 9.43. The molecule has 100 valence electrons.